The molecule has 0 bridgehead atoms. The third-order valence-corrected chi connectivity index (χ3v) is 4.67. The number of hydrogen-bond acceptors (Lipinski definition) is 2. The van der Waals surface area contributed by atoms with Crippen LogP contribution in [0.15, 0.2) is 24.3 Å². The molecule has 1 heterocycles. The van der Waals surface area contributed by atoms with Gasteiger partial charge in [-0.05, 0) is 36.8 Å². The summed E-state index contributed by atoms with van der Waals surface area (Å²) in [5.41, 5.74) is 3.00. The molecule has 3 rings (SSSR count). The highest BCUT2D eigenvalue weighted by molar-refractivity contribution is 5.81. The monoisotopic (exact) mass is 257 g/mol. The van der Waals surface area contributed by atoms with E-state index in [0.717, 1.165) is 51.7 Å². The Morgan fingerprint density at radius 1 is 1.00 bits per heavy atom. The molecule has 1 aromatic carbocycles. The van der Waals surface area contributed by atoms with Crippen molar-refractivity contribution in [1.29, 1.82) is 0 Å². The van der Waals surface area contributed by atoms with Gasteiger partial charge in [-0.3, -0.25) is 4.79 Å². The van der Waals surface area contributed by atoms with Crippen molar-refractivity contribution >= 4 is 5.78 Å². The molecule has 1 saturated carbocycles. The van der Waals surface area contributed by atoms with Gasteiger partial charge >= 0.3 is 0 Å². The quantitative estimate of drug-likeness (QED) is 0.812. The molecule has 1 fully saturated rings. The average molecular weight is 257 g/mol. The van der Waals surface area contributed by atoms with Gasteiger partial charge in [0, 0.05) is 32.0 Å². The van der Waals surface area contributed by atoms with Crippen molar-refractivity contribution in [3.05, 3.63) is 35.4 Å². The molecule has 102 valence electrons. The number of hydrogen-bond donors (Lipinski definition) is 0. The molecular formula is C17H23NO. The fourth-order valence-electron chi connectivity index (χ4n) is 3.46. The minimum absolute atomic E-state index is 0.315. The zero-order valence-electron chi connectivity index (χ0n) is 11.6. The summed E-state index contributed by atoms with van der Waals surface area (Å²) in [7, 11) is 0. The highest BCUT2D eigenvalue weighted by Crippen LogP contribution is 2.23. The molecule has 0 amide bonds. The summed E-state index contributed by atoms with van der Waals surface area (Å²) in [5, 5.41) is 0. The zero-order valence-corrected chi connectivity index (χ0v) is 11.6. The van der Waals surface area contributed by atoms with E-state index in [2.05, 4.69) is 29.2 Å². The molecule has 2 nitrogen and oxygen atoms in total. The maximum atomic E-state index is 11.9. The molecule has 0 N–H and O–H groups in total. The SMILES string of the molecule is O=C1CCCCC1CN1CCc2ccccc2CC1. The van der Waals surface area contributed by atoms with Crippen LogP contribution in [0.4, 0.5) is 0 Å². The van der Waals surface area contributed by atoms with Gasteiger partial charge < -0.3 is 4.90 Å². The number of fused-ring (bicyclic) bond motifs is 1. The molecule has 0 radical (unpaired) electrons. The number of ketones is 1. The second kappa shape index (κ2) is 5.87. The number of rotatable bonds is 2. The predicted molar refractivity (Wildman–Crippen MR) is 77.3 cm³/mol. The van der Waals surface area contributed by atoms with Crippen LogP contribution in [0.3, 0.4) is 0 Å². The second-order valence-electron chi connectivity index (χ2n) is 5.98. The molecule has 1 unspecified atom stereocenters. The molecule has 1 atom stereocenters. The molecular weight excluding hydrogens is 234 g/mol. The van der Waals surface area contributed by atoms with E-state index in [1.807, 2.05) is 0 Å². The lowest BCUT2D eigenvalue weighted by molar-refractivity contribution is -0.125. The van der Waals surface area contributed by atoms with E-state index in [0.29, 0.717) is 11.7 Å². The third-order valence-electron chi connectivity index (χ3n) is 4.67. The van der Waals surface area contributed by atoms with Gasteiger partial charge in [-0.1, -0.05) is 30.7 Å². The van der Waals surface area contributed by atoms with Gasteiger partial charge in [0.25, 0.3) is 0 Å². The van der Waals surface area contributed by atoms with Crippen LogP contribution in [-0.2, 0) is 17.6 Å². The van der Waals surface area contributed by atoms with E-state index >= 15 is 0 Å². The van der Waals surface area contributed by atoms with Crippen molar-refractivity contribution in [1.82, 2.24) is 4.90 Å². The summed E-state index contributed by atoms with van der Waals surface area (Å²) in [5.74, 6) is 0.822. The Kier molecular flexibility index (Phi) is 3.97. The smallest absolute Gasteiger partial charge is 0.137 e. The van der Waals surface area contributed by atoms with E-state index in [-0.39, 0.29) is 0 Å². The standard InChI is InChI=1S/C17H23NO/c19-17-8-4-3-7-16(17)13-18-11-9-14-5-1-2-6-15(14)10-12-18/h1-2,5-6,16H,3-4,7-13H2. The Morgan fingerprint density at radius 3 is 2.32 bits per heavy atom. The van der Waals surface area contributed by atoms with Gasteiger partial charge in [0.1, 0.15) is 5.78 Å². The first-order chi connectivity index (χ1) is 9.33. The van der Waals surface area contributed by atoms with Crippen molar-refractivity contribution in [2.24, 2.45) is 5.92 Å². The third kappa shape index (κ3) is 3.06. The van der Waals surface area contributed by atoms with Crippen LogP contribution >= 0.6 is 0 Å². The number of benzene rings is 1. The highest BCUT2D eigenvalue weighted by atomic mass is 16.1. The highest BCUT2D eigenvalue weighted by Gasteiger charge is 2.25. The van der Waals surface area contributed by atoms with E-state index in [9.17, 15) is 4.79 Å². The molecule has 1 aliphatic heterocycles. The first kappa shape index (κ1) is 12.9. The molecule has 0 aromatic heterocycles. The number of Topliss-reactive ketones (excluding diaryl/α,β-unsaturated/α-hetero) is 1. The molecule has 0 saturated heterocycles. The molecule has 1 aliphatic carbocycles. The van der Waals surface area contributed by atoms with Crippen LogP contribution in [0.1, 0.15) is 36.8 Å². The number of carbonyl (C=O) groups is 1. The summed E-state index contributed by atoms with van der Waals surface area (Å²) in [6.45, 7) is 3.22. The minimum Gasteiger partial charge on any atom is -0.302 e. The maximum Gasteiger partial charge on any atom is 0.137 e. The van der Waals surface area contributed by atoms with Crippen LogP contribution in [0, 0.1) is 5.92 Å². The number of nitrogens with zero attached hydrogens (tertiary/aromatic N) is 1. The van der Waals surface area contributed by atoms with E-state index < -0.39 is 0 Å². The van der Waals surface area contributed by atoms with Gasteiger partial charge in [-0.15, -0.1) is 0 Å². The van der Waals surface area contributed by atoms with Gasteiger partial charge in [0.05, 0.1) is 0 Å². The fraction of sp³-hybridized carbons (Fsp3) is 0.588. The van der Waals surface area contributed by atoms with Crippen LogP contribution in [-0.4, -0.2) is 30.3 Å². The Morgan fingerprint density at radius 2 is 1.68 bits per heavy atom. The molecule has 2 heteroatoms. The zero-order chi connectivity index (χ0) is 13.1. The van der Waals surface area contributed by atoms with Gasteiger partial charge in [-0.2, -0.15) is 0 Å². The normalized spacial score (nSPS) is 24.8. The van der Waals surface area contributed by atoms with E-state index in [1.165, 1.54) is 17.5 Å². The van der Waals surface area contributed by atoms with Crippen molar-refractivity contribution in [2.45, 2.75) is 38.5 Å². The first-order valence-electron chi connectivity index (χ1n) is 7.65. The van der Waals surface area contributed by atoms with Crippen molar-refractivity contribution < 1.29 is 4.79 Å². The lowest BCUT2D eigenvalue weighted by Crippen LogP contribution is -2.36. The van der Waals surface area contributed by atoms with Gasteiger partial charge in [0.2, 0.25) is 0 Å². The summed E-state index contributed by atoms with van der Waals surface area (Å²) in [6.07, 6.45) is 6.56. The van der Waals surface area contributed by atoms with Gasteiger partial charge in [-0.25, -0.2) is 0 Å². The lowest BCUT2D eigenvalue weighted by Gasteiger charge is -2.27. The topological polar surface area (TPSA) is 20.3 Å². The van der Waals surface area contributed by atoms with E-state index in [4.69, 9.17) is 0 Å². The second-order valence-corrected chi connectivity index (χ2v) is 5.98. The summed E-state index contributed by atoms with van der Waals surface area (Å²) in [4.78, 5) is 14.5. The number of carbonyl (C=O) groups excluding carboxylic acids is 1. The molecule has 19 heavy (non-hydrogen) atoms. The largest absolute Gasteiger partial charge is 0.302 e. The van der Waals surface area contributed by atoms with Crippen molar-refractivity contribution in [3.63, 3.8) is 0 Å². The molecule has 2 aliphatic rings. The molecule has 0 spiro atoms. The molecule has 1 aromatic rings. The van der Waals surface area contributed by atoms with Crippen molar-refractivity contribution in [2.75, 3.05) is 19.6 Å². The predicted octanol–water partition coefficient (Wildman–Crippen LogP) is 2.85. The Hall–Kier alpha value is -1.15. The van der Waals surface area contributed by atoms with Crippen LogP contribution < -0.4 is 0 Å². The summed E-state index contributed by atoms with van der Waals surface area (Å²) >= 11 is 0. The van der Waals surface area contributed by atoms with Crippen LogP contribution in [0.25, 0.3) is 0 Å². The van der Waals surface area contributed by atoms with Gasteiger partial charge in [0.15, 0.2) is 0 Å². The lowest BCUT2D eigenvalue weighted by atomic mass is 9.87. The van der Waals surface area contributed by atoms with Crippen LogP contribution in [0.2, 0.25) is 0 Å². The Balaban J connectivity index is 1.61. The Bertz CT molecular complexity index is 427. The summed E-state index contributed by atoms with van der Waals surface area (Å²) < 4.78 is 0. The minimum atomic E-state index is 0.315. The maximum absolute atomic E-state index is 11.9. The fourth-order valence-corrected chi connectivity index (χ4v) is 3.46. The first-order valence-corrected chi connectivity index (χ1v) is 7.65. The van der Waals surface area contributed by atoms with E-state index in [1.54, 1.807) is 0 Å². The Labute approximate surface area is 115 Å². The van der Waals surface area contributed by atoms with Crippen molar-refractivity contribution in [3.8, 4) is 0 Å². The summed E-state index contributed by atoms with van der Waals surface area (Å²) in [6, 6.07) is 8.79. The average Bonchev–Trinajstić information content (AvgIpc) is 2.64. The van der Waals surface area contributed by atoms with Crippen LogP contribution in [0.5, 0.6) is 0 Å².